The highest BCUT2D eigenvalue weighted by Gasteiger charge is 2.19. The lowest BCUT2D eigenvalue weighted by Gasteiger charge is -2.13. The minimum Gasteiger partial charge on any atom is -0.379 e. The van der Waals surface area contributed by atoms with Crippen molar-refractivity contribution in [2.75, 3.05) is 5.73 Å². The molecule has 0 aliphatic carbocycles. The number of hydrogen-bond acceptors (Lipinski definition) is 5. The number of halogens is 1. The van der Waals surface area contributed by atoms with E-state index in [1.807, 2.05) is 0 Å². The molecule has 7 heteroatoms. The first-order valence-electron chi connectivity index (χ1n) is 5.23. The fourth-order valence-electron chi connectivity index (χ4n) is 1.52. The van der Waals surface area contributed by atoms with Gasteiger partial charge in [0.25, 0.3) is 5.91 Å². The Morgan fingerprint density at radius 1 is 1.44 bits per heavy atom. The minimum absolute atomic E-state index is 0.103. The Morgan fingerprint density at radius 3 is 2.78 bits per heavy atom. The molecule has 0 aliphatic heterocycles. The Labute approximate surface area is 102 Å². The zero-order chi connectivity index (χ0) is 13.1. The molecule has 6 nitrogen and oxygen atoms in total. The highest BCUT2D eigenvalue weighted by molar-refractivity contribution is 5.96. The van der Waals surface area contributed by atoms with E-state index in [0.29, 0.717) is 5.56 Å². The predicted octanol–water partition coefficient (Wildman–Crippen LogP) is 1.28. The largest absolute Gasteiger partial charge is 0.379 e. The van der Waals surface area contributed by atoms with Crippen LogP contribution in [0.2, 0.25) is 0 Å². The quantitative estimate of drug-likeness (QED) is 0.855. The molecule has 1 aromatic heterocycles. The number of nitrogens with one attached hydrogen (secondary N) is 1. The van der Waals surface area contributed by atoms with E-state index in [1.165, 1.54) is 6.07 Å². The molecule has 0 spiro atoms. The zero-order valence-corrected chi connectivity index (χ0v) is 9.55. The maximum Gasteiger partial charge on any atom is 0.277 e. The molecule has 0 aliphatic rings. The summed E-state index contributed by atoms with van der Waals surface area (Å²) in [6.07, 6.45) is 0. The molecule has 0 fully saturated rings. The van der Waals surface area contributed by atoms with Crippen LogP contribution in [0.4, 0.5) is 10.2 Å². The SMILES string of the molecule is CC(NC(=O)c1nonc1N)c1ccccc1F. The molecule has 2 rings (SSSR count). The second-order valence-corrected chi connectivity index (χ2v) is 3.71. The minimum atomic E-state index is -0.565. The number of nitrogens with zero attached hydrogens (tertiary/aromatic N) is 2. The van der Waals surface area contributed by atoms with Crippen LogP contribution in [0.5, 0.6) is 0 Å². The van der Waals surface area contributed by atoms with E-state index < -0.39 is 17.8 Å². The monoisotopic (exact) mass is 250 g/mol. The van der Waals surface area contributed by atoms with Crippen LogP contribution >= 0.6 is 0 Å². The summed E-state index contributed by atoms with van der Waals surface area (Å²) in [5, 5.41) is 9.22. The van der Waals surface area contributed by atoms with Crippen molar-refractivity contribution in [2.45, 2.75) is 13.0 Å². The van der Waals surface area contributed by atoms with Crippen LogP contribution in [0.1, 0.15) is 29.0 Å². The van der Waals surface area contributed by atoms with Gasteiger partial charge in [0.2, 0.25) is 11.5 Å². The van der Waals surface area contributed by atoms with Crippen molar-refractivity contribution >= 4 is 11.7 Å². The average molecular weight is 250 g/mol. The van der Waals surface area contributed by atoms with E-state index in [-0.39, 0.29) is 11.5 Å². The molecule has 0 saturated carbocycles. The van der Waals surface area contributed by atoms with Crippen molar-refractivity contribution in [1.82, 2.24) is 15.6 Å². The normalized spacial score (nSPS) is 12.1. The van der Waals surface area contributed by atoms with Gasteiger partial charge in [-0.2, -0.15) is 0 Å². The summed E-state index contributed by atoms with van der Waals surface area (Å²) in [5.41, 5.74) is 5.65. The second-order valence-electron chi connectivity index (χ2n) is 3.71. The van der Waals surface area contributed by atoms with Gasteiger partial charge in [-0.05, 0) is 23.3 Å². The maximum absolute atomic E-state index is 13.5. The van der Waals surface area contributed by atoms with E-state index >= 15 is 0 Å². The van der Waals surface area contributed by atoms with Crippen LogP contribution < -0.4 is 11.1 Å². The van der Waals surface area contributed by atoms with E-state index in [2.05, 4.69) is 20.3 Å². The fourth-order valence-corrected chi connectivity index (χ4v) is 1.52. The van der Waals surface area contributed by atoms with Crippen LogP contribution in [0, 0.1) is 5.82 Å². The van der Waals surface area contributed by atoms with Gasteiger partial charge in [-0.1, -0.05) is 18.2 Å². The molecule has 94 valence electrons. The molecule has 2 aromatic rings. The van der Waals surface area contributed by atoms with Gasteiger partial charge in [0.05, 0.1) is 6.04 Å². The maximum atomic E-state index is 13.5. The Kier molecular flexibility index (Phi) is 3.22. The summed E-state index contributed by atoms with van der Waals surface area (Å²) in [7, 11) is 0. The van der Waals surface area contributed by atoms with Gasteiger partial charge in [0, 0.05) is 5.56 Å². The summed E-state index contributed by atoms with van der Waals surface area (Å²) in [6.45, 7) is 1.65. The average Bonchev–Trinajstić information content (AvgIpc) is 2.76. The molecular weight excluding hydrogens is 239 g/mol. The van der Waals surface area contributed by atoms with Crippen molar-refractivity contribution in [3.05, 3.63) is 41.3 Å². The second kappa shape index (κ2) is 4.82. The van der Waals surface area contributed by atoms with Crippen LogP contribution in [0.25, 0.3) is 0 Å². The molecule has 18 heavy (non-hydrogen) atoms. The molecule has 1 aromatic carbocycles. The van der Waals surface area contributed by atoms with Gasteiger partial charge >= 0.3 is 0 Å². The number of carbonyl (C=O) groups excluding carboxylic acids is 1. The number of anilines is 1. The lowest BCUT2D eigenvalue weighted by Crippen LogP contribution is -2.28. The van der Waals surface area contributed by atoms with Gasteiger partial charge in [0.15, 0.2) is 0 Å². The van der Waals surface area contributed by atoms with Gasteiger partial charge in [0.1, 0.15) is 5.82 Å². The van der Waals surface area contributed by atoms with E-state index in [1.54, 1.807) is 25.1 Å². The van der Waals surface area contributed by atoms with Crippen LogP contribution in [-0.2, 0) is 0 Å². The number of amides is 1. The van der Waals surface area contributed by atoms with Gasteiger partial charge in [-0.3, -0.25) is 4.79 Å². The third kappa shape index (κ3) is 2.29. The number of rotatable bonds is 3. The lowest BCUT2D eigenvalue weighted by atomic mass is 10.1. The number of carbonyl (C=O) groups is 1. The topological polar surface area (TPSA) is 94.0 Å². The number of hydrogen-bond donors (Lipinski definition) is 2. The van der Waals surface area contributed by atoms with Gasteiger partial charge in [-0.15, -0.1) is 0 Å². The lowest BCUT2D eigenvalue weighted by molar-refractivity contribution is 0.0930. The first kappa shape index (κ1) is 12.0. The molecule has 1 amide bonds. The van der Waals surface area contributed by atoms with Gasteiger partial charge < -0.3 is 11.1 Å². The number of benzene rings is 1. The molecule has 1 unspecified atom stereocenters. The molecule has 1 atom stereocenters. The predicted molar refractivity (Wildman–Crippen MR) is 61.0 cm³/mol. The zero-order valence-electron chi connectivity index (χ0n) is 9.55. The Bertz CT molecular complexity index is 570. The van der Waals surface area contributed by atoms with Crippen molar-refractivity contribution < 1.29 is 13.8 Å². The fraction of sp³-hybridized carbons (Fsp3) is 0.182. The molecule has 3 N–H and O–H groups in total. The molecule has 0 saturated heterocycles. The number of nitrogens with two attached hydrogens (primary N) is 1. The first-order chi connectivity index (χ1) is 8.59. The molecule has 0 bridgehead atoms. The van der Waals surface area contributed by atoms with E-state index in [0.717, 1.165) is 0 Å². The molecular formula is C11H11FN4O2. The van der Waals surface area contributed by atoms with Crippen LogP contribution in [0.3, 0.4) is 0 Å². The third-order valence-electron chi connectivity index (χ3n) is 2.45. The molecule has 0 radical (unpaired) electrons. The van der Waals surface area contributed by atoms with Crippen molar-refractivity contribution in [3.63, 3.8) is 0 Å². The summed E-state index contributed by atoms with van der Waals surface area (Å²) < 4.78 is 17.8. The van der Waals surface area contributed by atoms with E-state index in [9.17, 15) is 9.18 Å². The summed E-state index contributed by atoms with van der Waals surface area (Å²) in [5.74, 6) is -1.06. The standard InChI is InChI=1S/C11H11FN4O2/c1-6(7-4-2-3-5-8(7)12)14-11(17)9-10(13)16-18-15-9/h2-6H,1H3,(H2,13,16)(H,14,17). The number of nitrogen functional groups attached to an aromatic ring is 1. The summed E-state index contributed by atoms with van der Waals surface area (Å²) >= 11 is 0. The van der Waals surface area contributed by atoms with Crippen molar-refractivity contribution in [3.8, 4) is 0 Å². The Morgan fingerprint density at radius 2 is 2.17 bits per heavy atom. The Hall–Kier alpha value is -2.44. The smallest absolute Gasteiger partial charge is 0.277 e. The first-order valence-corrected chi connectivity index (χ1v) is 5.23. The molecule has 1 heterocycles. The highest BCUT2D eigenvalue weighted by atomic mass is 19.1. The van der Waals surface area contributed by atoms with Crippen LogP contribution in [-0.4, -0.2) is 16.2 Å². The van der Waals surface area contributed by atoms with Crippen LogP contribution in [0.15, 0.2) is 28.9 Å². The van der Waals surface area contributed by atoms with Crippen molar-refractivity contribution in [2.24, 2.45) is 0 Å². The summed E-state index contributed by atoms with van der Waals surface area (Å²) in [6, 6.07) is 5.66. The van der Waals surface area contributed by atoms with E-state index in [4.69, 9.17) is 5.73 Å². The summed E-state index contributed by atoms with van der Waals surface area (Å²) in [4.78, 5) is 11.7. The van der Waals surface area contributed by atoms with Crippen molar-refractivity contribution in [1.29, 1.82) is 0 Å². The third-order valence-corrected chi connectivity index (χ3v) is 2.45. The van der Waals surface area contributed by atoms with Gasteiger partial charge in [-0.25, -0.2) is 9.02 Å². The number of aromatic nitrogens is 2. The highest BCUT2D eigenvalue weighted by Crippen LogP contribution is 2.17. The Balaban J connectivity index is 2.13.